The molecule has 0 heteroatoms. The summed E-state index contributed by atoms with van der Waals surface area (Å²) in [6.07, 6.45) is 27.5. The van der Waals surface area contributed by atoms with Crippen molar-refractivity contribution in [2.75, 3.05) is 0 Å². The van der Waals surface area contributed by atoms with Gasteiger partial charge in [0.15, 0.2) is 0 Å². The topological polar surface area (TPSA) is 0 Å². The summed E-state index contributed by atoms with van der Waals surface area (Å²) in [6.45, 7) is 13.5. The van der Waals surface area contributed by atoms with Gasteiger partial charge in [0.25, 0.3) is 0 Å². The van der Waals surface area contributed by atoms with Gasteiger partial charge in [-0.25, -0.2) is 0 Å². The van der Waals surface area contributed by atoms with Crippen LogP contribution in [0.2, 0.25) is 0 Å². The van der Waals surface area contributed by atoms with E-state index >= 15 is 0 Å². The van der Waals surface area contributed by atoms with Crippen LogP contribution in [0.4, 0.5) is 0 Å². The van der Waals surface area contributed by atoms with Crippen LogP contribution in [0.25, 0.3) is 0 Å². The summed E-state index contributed by atoms with van der Waals surface area (Å²) in [4.78, 5) is 0. The molecule has 27 heavy (non-hydrogen) atoms. The fraction of sp³-hybridized carbons (Fsp3) is 0.704. The van der Waals surface area contributed by atoms with E-state index in [-0.39, 0.29) is 0 Å². The summed E-state index contributed by atoms with van der Waals surface area (Å²) >= 11 is 0. The molecular weight excluding hydrogens is 324 g/mol. The molecule has 1 unspecified atom stereocenters. The Labute approximate surface area is 170 Å². The fourth-order valence-corrected chi connectivity index (χ4v) is 4.21. The van der Waals surface area contributed by atoms with Crippen molar-refractivity contribution in [3.05, 3.63) is 48.1 Å². The molecule has 1 aliphatic carbocycles. The highest BCUT2D eigenvalue weighted by Gasteiger charge is 2.16. The van der Waals surface area contributed by atoms with Gasteiger partial charge < -0.3 is 0 Å². The molecule has 1 saturated carbocycles. The van der Waals surface area contributed by atoms with Crippen LogP contribution in [0.3, 0.4) is 0 Å². The Kier molecular flexibility index (Phi) is 13.3. The van der Waals surface area contributed by atoms with Crippen LogP contribution in [0.15, 0.2) is 48.1 Å². The van der Waals surface area contributed by atoms with Crippen LogP contribution < -0.4 is 0 Å². The predicted octanol–water partition coefficient (Wildman–Crippen LogP) is 9.20. The highest BCUT2D eigenvalue weighted by Crippen LogP contribution is 2.30. The van der Waals surface area contributed by atoms with Crippen molar-refractivity contribution in [2.24, 2.45) is 17.8 Å². The summed E-state index contributed by atoms with van der Waals surface area (Å²) in [6, 6.07) is 0. The predicted molar refractivity (Wildman–Crippen MR) is 124 cm³/mol. The van der Waals surface area contributed by atoms with E-state index < -0.39 is 0 Å². The number of hydrogen-bond donors (Lipinski definition) is 0. The molecule has 0 nitrogen and oxygen atoms in total. The average molecular weight is 371 g/mol. The Bertz CT molecular complexity index is 468. The monoisotopic (exact) mass is 370 g/mol. The molecule has 0 aromatic rings. The zero-order chi connectivity index (χ0) is 19.9. The minimum absolute atomic E-state index is 0.669. The standard InChI is InChI=1S/C27H46/c1-6-9-16-27(13-7-2)24(5)19-22-25(8-3)14-11-10-12-15-26-20-17-23(4)18-21-26/h8,10,12,19,22-23,26-27H,5-7,9,11,13-18,20-21H2,1-4H3/b12-10-,22-19-,25-8-. The summed E-state index contributed by atoms with van der Waals surface area (Å²) < 4.78 is 0. The molecule has 0 N–H and O–H groups in total. The van der Waals surface area contributed by atoms with Crippen molar-refractivity contribution in [3.8, 4) is 0 Å². The van der Waals surface area contributed by atoms with E-state index in [1.165, 1.54) is 75.4 Å². The van der Waals surface area contributed by atoms with E-state index in [9.17, 15) is 0 Å². The van der Waals surface area contributed by atoms with Gasteiger partial charge in [-0.2, -0.15) is 0 Å². The van der Waals surface area contributed by atoms with Crippen molar-refractivity contribution in [3.63, 3.8) is 0 Å². The zero-order valence-corrected chi connectivity index (χ0v) is 18.8. The highest BCUT2D eigenvalue weighted by atomic mass is 14.2. The molecule has 0 bridgehead atoms. The van der Waals surface area contributed by atoms with Gasteiger partial charge in [0.05, 0.1) is 0 Å². The van der Waals surface area contributed by atoms with Crippen LogP contribution in [-0.4, -0.2) is 0 Å². The maximum atomic E-state index is 4.37. The number of rotatable bonds is 13. The van der Waals surface area contributed by atoms with E-state index in [2.05, 4.69) is 64.7 Å². The van der Waals surface area contributed by atoms with Crippen LogP contribution in [-0.2, 0) is 0 Å². The Balaban J connectivity index is 2.34. The van der Waals surface area contributed by atoms with E-state index in [1.54, 1.807) is 0 Å². The lowest BCUT2D eigenvalue weighted by molar-refractivity contribution is 0.292. The van der Waals surface area contributed by atoms with Gasteiger partial charge in [0.2, 0.25) is 0 Å². The third-order valence-corrected chi connectivity index (χ3v) is 6.32. The van der Waals surface area contributed by atoms with Gasteiger partial charge in [-0.3, -0.25) is 0 Å². The summed E-state index contributed by atoms with van der Waals surface area (Å²) in [5.41, 5.74) is 2.77. The molecule has 0 aliphatic heterocycles. The normalized spacial score (nSPS) is 22.6. The van der Waals surface area contributed by atoms with Crippen LogP contribution >= 0.6 is 0 Å². The quantitative estimate of drug-likeness (QED) is 0.224. The Hall–Kier alpha value is -1.04. The molecule has 0 radical (unpaired) electrons. The van der Waals surface area contributed by atoms with Crippen LogP contribution in [0, 0.1) is 17.8 Å². The molecule has 1 rings (SSSR count). The molecule has 0 aromatic heterocycles. The zero-order valence-electron chi connectivity index (χ0n) is 18.8. The fourth-order valence-electron chi connectivity index (χ4n) is 4.21. The molecule has 0 aromatic carbocycles. The first-order chi connectivity index (χ1) is 13.1. The van der Waals surface area contributed by atoms with Crippen LogP contribution in [0.1, 0.15) is 105 Å². The Morgan fingerprint density at radius 3 is 2.37 bits per heavy atom. The molecule has 0 spiro atoms. The SMILES string of the molecule is C=C(/C=C\C(=C/C)CC/C=C\CC1CCC(C)CC1)C(CCC)CCCC. The summed E-state index contributed by atoms with van der Waals surface area (Å²) in [5, 5.41) is 0. The molecule has 154 valence electrons. The number of unbranched alkanes of at least 4 members (excludes halogenated alkanes) is 1. The second kappa shape index (κ2) is 14.9. The third kappa shape index (κ3) is 10.8. The Morgan fingerprint density at radius 2 is 1.74 bits per heavy atom. The first-order valence-electron chi connectivity index (χ1n) is 11.8. The van der Waals surface area contributed by atoms with Gasteiger partial charge >= 0.3 is 0 Å². The number of hydrogen-bond acceptors (Lipinski definition) is 0. The maximum absolute atomic E-state index is 4.37. The average Bonchev–Trinajstić information content (AvgIpc) is 2.68. The molecule has 1 fully saturated rings. The van der Waals surface area contributed by atoms with Crippen molar-refractivity contribution >= 4 is 0 Å². The van der Waals surface area contributed by atoms with E-state index in [0.717, 1.165) is 24.7 Å². The van der Waals surface area contributed by atoms with Gasteiger partial charge in [0, 0.05) is 0 Å². The first kappa shape index (κ1) is 24.0. The lowest BCUT2D eigenvalue weighted by atomic mass is 9.81. The van der Waals surface area contributed by atoms with Crippen LogP contribution in [0.5, 0.6) is 0 Å². The number of allylic oxidation sites excluding steroid dienone is 7. The lowest BCUT2D eigenvalue weighted by Crippen LogP contribution is -2.11. The van der Waals surface area contributed by atoms with E-state index in [1.807, 2.05) is 0 Å². The van der Waals surface area contributed by atoms with Gasteiger partial charge in [0.1, 0.15) is 0 Å². The second-order valence-electron chi connectivity index (χ2n) is 8.77. The summed E-state index contributed by atoms with van der Waals surface area (Å²) in [7, 11) is 0. The molecule has 1 atom stereocenters. The maximum Gasteiger partial charge on any atom is -0.0168 e. The van der Waals surface area contributed by atoms with Gasteiger partial charge in [-0.1, -0.05) is 101 Å². The van der Waals surface area contributed by atoms with Gasteiger partial charge in [-0.15, -0.1) is 0 Å². The lowest BCUT2D eigenvalue weighted by Gasteiger charge is -2.25. The van der Waals surface area contributed by atoms with E-state index in [0.29, 0.717) is 5.92 Å². The van der Waals surface area contributed by atoms with Crippen molar-refractivity contribution < 1.29 is 0 Å². The Morgan fingerprint density at radius 1 is 1.00 bits per heavy atom. The van der Waals surface area contributed by atoms with Crippen molar-refractivity contribution in [1.29, 1.82) is 0 Å². The minimum Gasteiger partial charge on any atom is -0.0955 e. The highest BCUT2D eigenvalue weighted by molar-refractivity contribution is 5.27. The van der Waals surface area contributed by atoms with Gasteiger partial charge in [-0.05, 0) is 69.6 Å². The molecular formula is C27H46. The smallest absolute Gasteiger partial charge is 0.0168 e. The molecule has 0 saturated heterocycles. The first-order valence-corrected chi connectivity index (χ1v) is 11.8. The molecule has 0 heterocycles. The van der Waals surface area contributed by atoms with Crippen molar-refractivity contribution in [2.45, 2.75) is 105 Å². The van der Waals surface area contributed by atoms with Crippen molar-refractivity contribution in [1.82, 2.24) is 0 Å². The second-order valence-corrected chi connectivity index (χ2v) is 8.77. The minimum atomic E-state index is 0.669. The molecule has 1 aliphatic rings. The largest absolute Gasteiger partial charge is 0.0955 e. The third-order valence-electron chi connectivity index (χ3n) is 6.32. The molecule has 0 amide bonds. The summed E-state index contributed by atoms with van der Waals surface area (Å²) in [5.74, 6) is 2.57. The van der Waals surface area contributed by atoms with E-state index in [4.69, 9.17) is 0 Å².